The molecule has 5 nitrogen and oxygen atoms in total. The van der Waals surface area contributed by atoms with Crippen molar-refractivity contribution >= 4 is 5.97 Å². The normalized spacial score (nSPS) is 10.5. The van der Waals surface area contributed by atoms with Crippen LogP contribution in [0.25, 0.3) is 11.1 Å². The van der Waals surface area contributed by atoms with Crippen molar-refractivity contribution in [3.63, 3.8) is 0 Å². The number of rotatable bonds is 2. The van der Waals surface area contributed by atoms with Crippen LogP contribution in [0.4, 0.5) is 0 Å². The zero-order chi connectivity index (χ0) is 12.6. The van der Waals surface area contributed by atoms with E-state index in [9.17, 15) is 9.90 Å². The van der Waals surface area contributed by atoms with Crippen molar-refractivity contribution in [1.29, 1.82) is 0 Å². The maximum absolute atomic E-state index is 10.8. The highest BCUT2D eigenvalue weighted by Gasteiger charge is 2.15. The minimum atomic E-state index is -1.16. The van der Waals surface area contributed by atoms with E-state index in [2.05, 4.69) is 5.16 Å². The molecule has 88 valence electrons. The lowest BCUT2D eigenvalue weighted by atomic mass is 10.0. The quantitative estimate of drug-likeness (QED) is 0.831. The molecule has 2 aromatic rings. The van der Waals surface area contributed by atoms with Crippen molar-refractivity contribution in [1.82, 2.24) is 5.16 Å². The fourth-order valence-electron chi connectivity index (χ4n) is 1.76. The number of aromatic carboxylic acids is 1. The van der Waals surface area contributed by atoms with Crippen LogP contribution in [-0.4, -0.2) is 21.3 Å². The molecule has 0 spiro atoms. The Labute approximate surface area is 97.3 Å². The van der Waals surface area contributed by atoms with Gasteiger partial charge in [-0.25, -0.2) is 4.79 Å². The van der Waals surface area contributed by atoms with Gasteiger partial charge in [-0.3, -0.25) is 0 Å². The Hall–Kier alpha value is -2.30. The van der Waals surface area contributed by atoms with Gasteiger partial charge >= 0.3 is 5.97 Å². The van der Waals surface area contributed by atoms with E-state index in [0.29, 0.717) is 17.0 Å². The highest BCUT2D eigenvalue weighted by molar-refractivity contribution is 5.91. The molecule has 0 atom stereocenters. The minimum Gasteiger partial charge on any atom is -0.507 e. The number of aromatic nitrogens is 1. The Morgan fingerprint density at radius 2 is 2.06 bits per heavy atom. The SMILES string of the molecule is Cc1noc(C)c1-c1ccc(C(=O)O)c(O)c1. The first kappa shape index (κ1) is 11.2. The summed E-state index contributed by atoms with van der Waals surface area (Å²) in [7, 11) is 0. The fourth-order valence-corrected chi connectivity index (χ4v) is 1.76. The van der Waals surface area contributed by atoms with Crippen LogP contribution in [0.3, 0.4) is 0 Å². The van der Waals surface area contributed by atoms with Crippen molar-refractivity contribution in [2.45, 2.75) is 13.8 Å². The molecule has 0 bridgehead atoms. The van der Waals surface area contributed by atoms with Crippen LogP contribution in [-0.2, 0) is 0 Å². The number of nitrogens with zero attached hydrogens (tertiary/aromatic N) is 1. The van der Waals surface area contributed by atoms with Gasteiger partial charge in [0, 0.05) is 5.56 Å². The maximum atomic E-state index is 10.8. The van der Waals surface area contributed by atoms with Crippen LogP contribution in [0.1, 0.15) is 21.8 Å². The molecule has 1 heterocycles. The zero-order valence-corrected chi connectivity index (χ0v) is 9.39. The van der Waals surface area contributed by atoms with Crippen molar-refractivity contribution < 1.29 is 19.5 Å². The van der Waals surface area contributed by atoms with Crippen molar-refractivity contribution in [2.75, 3.05) is 0 Å². The van der Waals surface area contributed by atoms with Gasteiger partial charge in [0.2, 0.25) is 0 Å². The number of hydrogen-bond donors (Lipinski definition) is 2. The summed E-state index contributed by atoms with van der Waals surface area (Å²) in [4.78, 5) is 10.8. The first-order valence-electron chi connectivity index (χ1n) is 5.00. The summed E-state index contributed by atoms with van der Waals surface area (Å²) in [6.45, 7) is 3.55. The fraction of sp³-hybridized carbons (Fsp3) is 0.167. The van der Waals surface area contributed by atoms with Crippen molar-refractivity contribution in [3.05, 3.63) is 35.2 Å². The highest BCUT2D eigenvalue weighted by atomic mass is 16.5. The Bertz CT molecular complexity index is 567. The smallest absolute Gasteiger partial charge is 0.339 e. The third-order valence-corrected chi connectivity index (χ3v) is 2.55. The minimum absolute atomic E-state index is 0.125. The summed E-state index contributed by atoms with van der Waals surface area (Å²) in [6, 6.07) is 4.38. The molecular formula is C12H11NO4. The van der Waals surface area contributed by atoms with E-state index < -0.39 is 5.97 Å². The zero-order valence-electron chi connectivity index (χ0n) is 9.39. The third kappa shape index (κ3) is 1.87. The van der Waals surface area contributed by atoms with E-state index in [1.54, 1.807) is 19.9 Å². The molecule has 0 saturated carbocycles. The largest absolute Gasteiger partial charge is 0.507 e. The number of benzene rings is 1. The number of hydrogen-bond acceptors (Lipinski definition) is 4. The van der Waals surface area contributed by atoms with E-state index in [1.807, 2.05) is 0 Å². The lowest BCUT2D eigenvalue weighted by Gasteiger charge is -2.03. The average molecular weight is 233 g/mol. The van der Waals surface area contributed by atoms with Gasteiger partial charge in [0.25, 0.3) is 0 Å². The molecule has 0 radical (unpaired) electrons. The number of carboxylic acid groups (broad SMARTS) is 1. The summed E-state index contributed by atoms with van der Waals surface area (Å²) in [5.41, 5.74) is 2.03. The van der Waals surface area contributed by atoms with E-state index >= 15 is 0 Å². The lowest BCUT2D eigenvalue weighted by Crippen LogP contribution is -1.96. The van der Waals surface area contributed by atoms with Gasteiger partial charge in [0.05, 0.1) is 5.69 Å². The first-order valence-corrected chi connectivity index (χ1v) is 5.00. The second-order valence-electron chi connectivity index (χ2n) is 3.74. The topological polar surface area (TPSA) is 83.6 Å². The summed E-state index contributed by atoms with van der Waals surface area (Å²) in [6.07, 6.45) is 0. The Balaban J connectivity index is 2.56. The molecule has 2 N–H and O–H groups in total. The number of carbonyl (C=O) groups is 1. The molecule has 1 aromatic heterocycles. The predicted octanol–water partition coefficient (Wildman–Crippen LogP) is 2.36. The van der Waals surface area contributed by atoms with Crippen LogP contribution >= 0.6 is 0 Å². The second-order valence-corrected chi connectivity index (χ2v) is 3.74. The lowest BCUT2D eigenvalue weighted by molar-refractivity contribution is 0.0694. The molecule has 0 unspecified atom stereocenters. The number of aryl methyl sites for hydroxylation is 2. The highest BCUT2D eigenvalue weighted by Crippen LogP contribution is 2.30. The van der Waals surface area contributed by atoms with Crippen LogP contribution in [0.15, 0.2) is 22.7 Å². The molecule has 2 rings (SSSR count). The van der Waals surface area contributed by atoms with Gasteiger partial charge in [-0.2, -0.15) is 0 Å². The summed E-state index contributed by atoms with van der Waals surface area (Å²) < 4.78 is 5.02. The third-order valence-electron chi connectivity index (χ3n) is 2.55. The standard InChI is InChI=1S/C12H11NO4/c1-6-11(7(2)17-13-6)8-3-4-9(12(15)16)10(14)5-8/h3-5,14H,1-2H3,(H,15,16). The van der Waals surface area contributed by atoms with Gasteiger partial charge < -0.3 is 14.7 Å². The first-order chi connectivity index (χ1) is 8.00. The van der Waals surface area contributed by atoms with Gasteiger partial charge in [-0.1, -0.05) is 11.2 Å². The molecule has 0 aliphatic heterocycles. The number of aromatic hydroxyl groups is 1. The van der Waals surface area contributed by atoms with Crippen LogP contribution in [0.2, 0.25) is 0 Å². The molecule has 0 fully saturated rings. The van der Waals surface area contributed by atoms with Gasteiger partial charge in [-0.05, 0) is 31.5 Å². The molecule has 5 heteroatoms. The summed E-state index contributed by atoms with van der Waals surface area (Å²) >= 11 is 0. The van der Waals surface area contributed by atoms with Crippen molar-refractivity contribution in [3.8, 4) is 16.9 Å². The molecule has 0 amide bonds. The number of carboxylic acids is 1. The molecule has 0 aliphatic rings. The van der Waals surface area contributed by atoms with Gasteiger partial charge in [0.1, 0.15) is 17.1 Å². The molecule has 0 saturated heterocycles. The van der Waals surface area contributed by atoms with Crippen LogP contribution in [0, 0.1) is 13.8 Å². The molecule has 17 heavy (non-hydrogen) atoms. The summed E-state index contributed by atoms with van der Waals surface area (Å²) in [5.74, 6) is -0.798. The second kappa shape index (κ2) is 3.93. The van der Waals surface area contributed by atoms with E-state index in [0.717, 1.165) is 5.56 Å². The van der Waals surface area contributed by atoms with Crippen LogP contribution < -0.4 is 0 Å². The van der Waals surface area contributed by atoms with E-state index in [4.69, 9.17) is 9.63 Å². The maximum Gasteiger partial charge on any atom is 0.339 e. The monoisotopic (exact) mass is 233 g/mol. The van der Waals surface area contributed by atoms with Gasteiger partial charge in [0.15, 0.2) is 0 Å². The van der Waals surface area contributed by atoms with Crippen LogP contribution in [0.5, 0.6) is 5.75 Å². The Morgan fingerprint density at radius 3 is 2.53 bits per heavy atom. The summed E-state index contributed by atoms with van der Waals surface area (Å²) in [5, 5.41) is 22.2. The number of phenols is 1. The van der Waals surface area contributed by atoms with E-state index in [1.165, 1.54) is 12.1 Å². The molecule has 1 aromatic carbocycles. The van der Waals surface area contributed by atoms with Gasteiger partial charge in [-0.15, -0.1) is 0 Å². The Morgan fingerprint density at radius 1 is 1.35 bits per heavy atom. The van der Waals surface area contributed by atoms with E-state index in [-0.39, 0.29) is 11.3 Å². The Kier molecular flexibility index (Phi) is 2.59. The predicted molar refractivity (Wildman–Crippen MR) is 60.0 cm³/mol. The average Bonchev–Trinajstić information content (AvgIpc) is 2.58. The van der Waals surface area contributed by atoms with Crippen molar-refractivity contribution in [2.24, 2.45) is 0 Å². The molecular weight excluding hydrogens is 222 g/mol. The molecule has 0 aliphatic carbocycles.